The van der Waals surface area contributed by atoms with Gasteiger partial charge in [0.05, 0.1) is 11.3 Å². The number of carbonyl (C=O) groups is 2. The maximum absolute atomic E-state index is 13.7. The van der Waals surface area contributed by atoms with E-state index in [2.05, 4.69) is 11.9 Å². The second kappa shape index (κ2) is 8.27. The van der Waals surface area contributed by atoms with E-state index in [-0.39, 0.29) is 23.7 Å². The van der Waals surface area contributed by atoms with Crippen LogP contribution in [0.3, 0.4) is 0 Å². The first-order valence-electron chi connectivity index (χ1n) is 10.7. The monoisotopic (exact) mass is 421 g/mol. The Hall–Kier alpha value is -2.99. The normalized spacial score (nSPS) is 18.3. The molecule has 2 amide bonds. The Morgan fingerprint density at radius 2 is 1.61 bits per heavy atom. The molecule has 0 unspecified atom stereocenters. The largest absolute Gasteiger partial charge is 0.366 e. The molecule has 2 aliphatic rings. The first kappa shape index (κ1) is 21.2. The summed E-state index contributed by atoms with van der Waals surface area (Å²) in [5.41, 5.74) is 3.80. The summed E-state index contributed by atoms with van der Waals surface area (Å²) in [6.45, 7) is 5.76. The molecular formula is C25H28FN3O2. The van der Waals surface area contributed by atoms with Crippen LogP contribution in [0.4, 0.5) is 10.1 Å². The molecule has 2 aliphatic heterocycles. The smallest absolute Gasteiger partial charge is 0.282 e. The van der Waals surface area contributed by atoms with Crippen molar-refractivity contribution in [2.75, 3.05) is 32.1 Å². The molecule has 5 nitrogen and oxygen atoms in total. The lowest BCUT2D eigenvalue weighted by Crippen LogP contribution is -2.43. The van der Waals surface area contributed by atoms with E-state index in [1.807, 2.05) is 37.9 Å². The van der Waals surface area contributed by atoms with Crippen molar-refractivity contribution in [3.8, 4) is 0 Å². The van der Waals surface area contributed by atoms with Crippen LogP contribution in [-0.2, 0) is 9.59 Å². The molecular weight excluding hydrogens is 393 g/mol. The Labute approximate surface area is 182 Å². The molecule has 0 aliphatic carbocycles. The maximum Gasteiger partial charge on any atom is 0.282 e. The van der Waals surface area contributed by atoms with Crippen molar-refractivity contribution in [3.05, 3.63) is 70.7 Å². The summed E-state index contributed by atoms with van der Waals surface area (Å²) in [4.78, 5) is 32.8. The van der Waals surface area contributed by atoms with Gasteiger partial charge in [0.25, 0.3) is 11.8 Å². The van der Waals surface area contributed by atoms with Gasteiger partial charge in [-0.05, 0) is 81.7 Å². The van der Waals surface area contributed by atoms with Gasteiger partial charge < -0.3 is 9.80 Å². The van der Waals surface area contributed by atoms with Gasteiger partial charge in [0.1, 0.15) is 11.5 Å². The molecule has 0 N–H and O–H groups in total. The molecule has 6 heteroatoms. The average Bonchev–Trinajstić information content (AvgIpc) is 3.01. The van der Waals surface area contributed by atoms with Crippen molar-refractivity contribution in [1.29, 1.82) is 0 Å². The standard InChI is InChI=1S/C25H28FN3O2/c1-16-6-5-7-21(17(16)2)29-24(30)22(18-8-10-19(26)11-9-18)23(25(29)31)28(4)20-12-14-27(3)15-13-20/h5-11,20H,12-15H2,1-4H3. The number of piperidine rings is 1. The van der Waals surface area contributed by atoms with Gasteiger partial charge in [-0.15, -0.1) is 0 Å². The Morgan fingerprint density at radius 1 is 0.968 bits per heavy atom. The lowest BCUT2D eigenvalue weighted by molar-refractivity contribution is -0.120. The predicted octanol–water partition coefficient (Wildman–Crippen LogP) is 3.75. The fourth-order valence-electron chi connectivity index (χ4n) is 4.48. The average molecular weight is 422 g/mol. The molecule has 0 aromatic heterocycles. The molecule has 2 heterocycles. The summed E-state index contributed by atoms with van der Waals surface area (Å²) in [5.74, 6) is -1.06. The summed E-state index contributed by atoms with van der Waals surface area (Å²) in [6, 6.07) is 11.6. The number of likely N-dealkylation sites (tertiary alicyclic amines) is 1. The maximum atomic E-state index is 13.7. The Kier molecular flexibility index (Phi) is 5.67. The van der Waals surface area contributed by atoms with E-state index in [1.165, 1.54) is 17.0 Å². The number of amides is 2. The van der Waals surface area contributed by atoms with Gasteiger partial charge in [0.15, 0.2) is 0 Å². The minimum atomic E-state index is -0.377. The van der Waals surface area contributed by atoms with E-state index in [0.29, 0.717) is 22.5 Å². The third kappa shape index (κ3) is 3.76. The summed E-state index contributed by atoms with van der Waals surface area (Å²) in [7, 11) is 3.98. The van der Waals surface area contributed by atoms with Crippen LogP contribution in [0.1, 0.15) is 29.5 Å². The first-order valence-corrected chi connectivity index (χ1v) is 10.7. The van der Waals surface area contributed by atoms with Crippen molar-refractivity contribution in [2.24, 2.45) is 0 Å². The molecule has 162 valence electrons. The molecule has 4 rings (SSSR count). The van der Waals surface area contributed by atoms with Crippen molar-refractivity contribution < 1.29 is 14.0 Å². The van der Waals surface area contributed by atoms with E-state index in [0.717, 1.165) is 37.1 Å². The zero-order valence-electron chi connectivity index (χ0n) is 18.5. The highest BCUT2D eigenvalue weighted by Crippen LogP contribution is 2.37. The van der Waals surface area contributed by atoms with Crippen LogP contribution in [-0.4, -0.2) is 54.8 Å². The van der Waals surface area contributed by atoms with E-state index in [1.54, 1.807) is 18.2 Å². The number of likely N-dealkylation sites (N-methyl/N-ethyl adjacent to an activating group) is 1. The topological polar surface area (TPSA) is 43.9 Å². The molecule has 1 fully saturated rings. The zero-order chi connectivity index (χ0) is 22.3. The van der Waals surface area contributed by atoms with E-state index >= 15 is 0 Å². The van der Waals surface area contributed by atoms with Crippen LogP contribution in [0.5, 0.6) is 0 Å². The summed E-state index contributed by atoms with van der Waals surface area (Å²) < 4.78 is 13.6. The second-order valence-electron chi connectivity index (χ2n) is 8.54. The van der Waals surface area contributed by atoms with Crippen molar-refractivity contribution >= 4 is 23.1 Å². The number of carbonyl (C=O) groups excluding carboxylic acids is 2. The van der Waals surface area contributed by atoms with Crippen LogP contribution in [0.25, 0.3) is 5.57 Å². The Morgan fingerprint density at radius 3 is 2.26 bits per heavy atom. The number of benzene rings is 2. The quantitative estimate of drug-likeness (QED) is 0.706. The molecule has 2 aromatic rings. The fourth-order valence-corrected chi connectivity index (χ4v) is 4.48. The Balaban J connectivity index is 1.81. The highest BCUT2D eigenvalue weighted by atomic mass is 19.1. The number of aryl methyl sites for hydroxylation is 1. The molecule has 0 radical (unpaired) electrons. The van der Waals surface area contributed by atoms with Crippen molar-refractivity contribution in [1.82, 2.24) is 9.80 Å². The molecule has 0 atom stereocenters. The van der Waals surface area contributed by atoms with Crippen LogP contribution in [0, 0.1) is 19.7 Å². The lowest BCUT2D eigenvalue weighted by Gasteiger charge is -2.36. The molecule has 2 aromatic carbocycles. The molecule has 31 heavy (non-hydrogen) atoms. The van der Waals surface area contributed by atoms with Gasteiger partial charge in [-0.2, -0.15) is 0 Å². The summed E-state index contributed by atoms with van der Waals surface area (Å²) in [5, 5.41) is 0. The molecule has 0 spiro atoms. The van der Waals surface area contributed by atoms with Crippen LogP contribution in [0.2, 0.25) is 0 Å². The number of halogens is 1. The SMILES string of the molecule is Cc1cccc(N2C(=O)C(c3ccc(F)cc3)=C(N(C)C3CCN(C)CC3)C2=O)c1C. The highest BCUT2D eigenvalue weighted by molar-refractivity contribution is 6.45. The zero-order valence-corrected chi connectivity index (χ0v) is 18.5. The number of anilines is 1. The number of nitrogens with zero attached hydrogens (tertiary/aromatic N) is 3. The van der Waals surface area contributed by atoms with Gasteiger partial charge in [-0.1, -0.05) is 24.3 Å². The summed E-state index contributed by atoms with van der Waals surface area (Å²) >= 11 is 0. The molecule has 1 saturated heterocycles. The van der Waals surface area contributed by atoms with Crippen LogP contribution in [0.15, 0.2) is 48.2 Å². The number of rotatable bonds is 4. The van der Waals surface area contributed by atoms with Crippen LogP contribution < -0.4 is 4.90 Å². The van der Waals surface area contributed by atoms with Gasteiger partial charge >= 0.3 is 0 Å². The molecule has 0 bridgehead atoms. The highest BCUT2D eigenvalue weighted by Gasteiger charge is 2.43. The Bertz CT molecular complexity index is 1050. The first-order chi connectivity index (χ1) is 14.8. The summed E-state index contributed by atoms with van der Waals surface area (Å²) in [6.07, 6.45) is 1.83. The second-order valence-corrected chi connectivity index (χ2v) is 8.54. The number of hydrogen-bond donors (Lipinski definition) is 0. The fraction of sp³-hybridized carbons (Fsp3) is 0.360. The van der Waals surface area contributed by atoms with Gasteiger partial charge in [-0.3, -0.25) is 9.59 Å². The number of imide groups is 1. The number of hydrogen-bond acceptors (Lipinski definition) is 4. The third-order valence-corrected chi connectivity index (χ3v) is 6.60. The lowest BCUT2D eigenvalue weighted by atomic mass is 10.00. The minimum Gasteiger partial charge on any atom is -0.366 e. The van der Waals surface area contributed by atoms with Crippen molar-refractivity contribution in [2.45, 2.75) is 32.7 Å². The van der Waals surface area contributed by atoms with Crippen molar-refractivity contribution in [3.63, 3.8) is 0 Å². The van der Waals surface area contributed by atoms with Gasteiger partial charge in [0.2, 0.25) is 0 Å². The van der Waals surface area contributed by atoms with Crippen LogP contribution >= 0.6 is 0 Å². The van der Waals surface area contributed by atoms with E-state index in [4.69, 9.17) is 0 Å². The molecule has 0 saturated carbocycles. The van der Waals surface area contributed by atoms with Gasteiger partial charge in [-0.25, -0.2) is 9.29 Å². The minimum absolute atomic E-state index is 0.164. The third-order valence-electron chi connectivity index (χ3n) is 6.60. The van der Waals surface area contributed by atoms with Gasteiger partial charge in [0, 0.05) is 13.1 Å². The van der Waals surface area contributed by atoms with E-state index < -0.39 is 0 Å². The van der Waals surface area contributed by atoms with E-state index in [9.17, 15) is 14.0 Å². The predicted molar refractivity (Wildman–Crippen MR) is 120 cm³/mol.